The van der Waals surface area contributed by atoms with Crippen LogP contribution in [0.3, 0.4) is 0 Å². The molecule has 3 heteroatoms. The molecule has 0 radical (unpaired) electrons. The predicted octanol–water partition coefficient (Wildman–Crippen LogP) is 2.60. The van der Waals surface area contributed by atoms with E-state index >= 15 is 0 Å². The second-order valence-corrected chi connectivity index (χ2v) is 5.58. The number of carbonyl (C=O) groups excluding carboxylic acids is 1. The third kappa shape index (κ3) is 3.98. The summed E-state index contributed by atoms with van der Waals surface area (Å²) < 4.78 is 0. The third-order valence-electron chi connectivity index (χ3n) is 3.89. The Morgan fingerprint density at radius 3 is 2.42 bits per heavy atom. The molecule has 0 atom stereocenters. The van der Waals surface area contributed by atoms with Gasteiger partial charge in [-0.3, -0.25) is 4.79 Å². The minimum Gasteiger partial charge on any atom is -0.378 e. The van der Waals surface area contributed by atoms with E-state index in [2.05, 4.69) is 34.5 Å². The predicted molar refractivity (Wildman–Crippen MR) is 79.4 cm³/mol. The van der Waals surface area contributed by atoms with E-state index in [0.29, 0.717) is 0 Å². The van der Waals surface area contributed by atoms with E-state index < -0.39 is 0 Å². The van der Waals surface area contributed by atoms with Crippen molar-refractivity contribution >= 4 is 11.6 Å². The van der Waals surface area contributed by atoms with E-state index in [4.69, 9.17) is 0 Å². The van der Waals surface area contributed by atoms with Crippen LogP contribution in [0, 0.1) is 5.92 Å². The Balaban J connectivity index is 1.74. The molecule has 0 aromatic heterocycles. The smallest absolute Gasteiger partial charge is 0.223 e. The molecule has 1 N–H and O–H groups in total. The summed E-state index contributed by atoms with van der Waals surface area (Å²) >= 11 is 0. The lowest BCUT2D eigenvalue weighted by atomic mass is 10.1. The Morgan fingerprint density at radius 2 is 1.84 bits per heavy atom. The molecule has 0 bridgehead atoms. The number of hydrogen-bond acceptors (Lipinski definition) is 2. The molecule has 0 spiro atoms. The van der Waals surface area contributed by atoms with Crippen LogP contribution in [0.15, 0.2) is 24.3 Å². The second kappa shape index (κ2) is 6.60. The van der Waals surface area contributed by atoms with Gasteiger partial charge in [-0.1, -0.05) is 25.0 Å². The zero-order chi connectivity index (χ0) is 13.7. The number of hydrogen-bond donors (Lipinski definition) is 1. The lowest BCUT2D eigenvalue weighted by molar-refractivity contribution is -0.124. The zero-order valence-electron chi connectivity index (χ0n) is 12.0. The summed E-state index contributed by atoms with van der Waals surface area (Å²) in [5.74, 6) is 0.526. The maximum atomic E-state index is 11.9. The molecule has 1 aliphatic carbocycles. The third-order valence-corrected chi connectivity index (χ3v) is 3.89. The van der Waals surface area contributed by atoms with E-state index in [0.717, 1.165) is 25.8 Å². The molecule has 1 aromatic carbocycles. The van der Waals surface area contributed by atoms with Gasteiger partial charge in [-0.15, -0.1) is 0 Å². The Bertz CT molecular complexity index is 405. The number of carbonyl (C=O) groups is 1. The van der Waals surface area contributed by atoms with Gasteiger partial charge in [0.25, 0.3) is 0 Å². The van der Waals surface area contributed by atoms with Crippen molar-refractivity contribution in [3.8, 4) is 0 Å². The van der Waals surface area contributed by atoms with Crippen molar-refractivity contribution in [3.63, 3.8) is 0 Å². The standard InChI is InChI=1S/C16H24N2O/c1-18(2)15-9-7-13(8-10-15)11-12-17-16(19)14-5-3-4-6-14/h7-10,14H,3-6,11-12H2,1-2H3,(H,17,19). The molecular formula is C16H24N2O. The van der Waals surface area contributed by atoms with Crippen LogP contribution in [-0.4, -0.2) is 26.5 Å². The lowest BCUT2D eigenvalue weighted by Crippen LogP contribution is -2.30. The molecule has 0 heterocycles. The average molecular weight is 260 g/mol. The van der Waals surface area contributed by atoms with E-state index in [1.807, 2.05) is 14.1 Å². The van der Waals surface area contributed by atoms with E-state index in [9.17, 15) is 4.79 Å². The number of rotatable bonds is 5. The highest BCUT2D eigenvalue weighted by atomic mass is 16.1. The molecule has 1 fully saturated rings. The average Bonchev–Trinajstić information content (AvgIpc) is 2.93. The topological polar surface area (TPSA) is 32.3 Å². The van der Waals surface area contributed by atoms with Crippen LogP contribution in [0.25, 0.3) is 0 Å². The molecule has 0 aliphatic heterocycles. The molecule has 0 unspecified atom stereocenters. The van der Waals surface area contributed by atoms with E-state index in [1.165, 1.54) is 24.1 Å². The van der Waals surface area contributed by atoms with Crippen LogP contribution in [0.2, 0.25) is 0 Å². The first-order chi connectivity index (χ1) is 9.16. The molecule has 19 heavy (non-hydrogen) atoms. The van der Waals surface area contributed by atoms with Crippen molar-refractivity contribution in [2.45, 2.75) is 32.1 Å². The largest absolute Gasteiger partial charge is 0.378 e. The van der Waals surface area contributed by atoms with Gasteiger partial charge in [0.05, 0.1) is 0 Å². The SMILES string of the molecule is CN(C)c1ccc(CCNC(=O)C2CCCC2)cc1. The van der Waals surface area contributed by atoms with Crippen LogP contribution in [0.5, 0.6) is 0 Å². The van der Waals surface area contributed by atoms with Crippen LogP contribution >= 0.6 is 0 Å². The minimum absolute atomic E-state index is 0.252. The minimum atomic E-state index is 0.252. The van der Waals surface area contributed by atoms with Crippen LogP contribution in [0.4, 0.5) is 5.69 Å². The molecule has 2 rings (SSSR count). The summed E-state index contributed by atoms with van der Waals surface area (Å²) in [5.41, 5.74) is 2.48. The summed E-state index contributed by atoms with van der Waals surface area (Å²) in [4.78, 5) is 14.0. The molecule has 3 nitrogen and oxygen atoms in total. The maximum Gasteiger partial charge on any atom is 0.223 e. The van der Waals surface area contributed by atoms with Crippen LogP contribution in [0.1, 0.15) is 31.2 Å². The Kier molecular flexibility index (Phi) is 4.83. The van der Waals surface area contributed by atoms with Crippen molar-refractivity contribution in [2.75, 3.05) is 25.5 Å². The highest BCUT2D eigenvalue weighted by Gasteiger charge is 2.21. The quantitative estimate of drug-likeness (QED) is 0.882. The summed E-state index contributed by atoms with van der Waals surface area (Å²) in [6.07, 6.45) is 5.48. The highest BCUT2D eigenvalue weighted by molar-refractivity contribution is 5.78. The zero-order valence-corrected chi connectivity index (χ0v) is 12.0. The van der Waals surface area contributed by atoms with Crippen molar-refractivity contribution in [3.05, 3.63) is 29.8 Å². The van der Waals surface area contributed by atoms with Gasteiger partial charge in [0, 0.05) is 32.2 Å². The van der Waals surface area contributed by atoms with Gasteiger partial charge in [0.15, 0.2) is 0 Å². The van der Waals surface area contributed by atoms with Crippen LogP contribution < -0.4 is 10.2 Å². The first kappa shape index (κ1) is 13.9. The van der Waals surface area contributed by atoms with Crippen molar-refractivity contribution < 1.29 is 4.79 Å². The first-order valence-electron chi connectivity index (χ1n) is 7.21. The molecule has 0 saturated heterocycles. The molecule has 1 amide bonds. The fraction of sp³-hybridized carbons (Fsp3) is 0.562. The van der Waals surface area contributed by atoms with Crippen molar-refractivity contribution in [1.29, 1.82) is 0 Å². The normalized spacial score (nSPS) is 15.5. The summed E-state index contributed by atoms with van der Waals surface area (Å²) in [7, 11) is 4.08. The van der Waals surface area contributed by atoms with Crippen molar-refractivity contribution in [2.24, 2.45) is 5.92 Å². The van der Waals surface area contributed by atoms with Gasteiger partial charge in [0.1, 0.15) is 0 Å². The highest BCUT2D eigenvalue weighted by Crippen LogP contribution is 2.24. The summed E-state index contributed by atoms with van der Waals surface area (Å²) in [6, 6.07) is 8.51. The monoisotopic (exact) mass is 260 g/mol. The Labute approximate surface area is 116 Å². The van der Waals surface area contributed by atoms with Crippen molar-refractivity contribution in [1.82, 2.24) is 5.32 Å². The summed E-state index contributed by atoms with van der Waals surface area (Å²) in [6.45, 7) is 0.747. The number of benzene rings is 1. The number of amides is 1. The first-order valence-corrected chi connectivity index (χ1v) is 7.21. The van der Waals surface area contributed by atoms with E-state index in [1.54, 1.807) is 0 Å². The number of anilines is 1. The summed E-state index contributed by atoms with van der Waals surface area (Å²) in [5, 5.41) is 3.06. The fourth-order valence-electron chi connectivity index (χ4n) is 2.62. The Morgan fingerprint density at radius 1 is 1.21 bits per heavy atom. The Hall–Kier alpha value is -1.51. The van der Waals surface area contributed by atoms with E-state index in [-0.39, 0.29) is 11.8 Å². The lowest BCUT2D eigenvalue weighted by Gasteiger charge is -2.13. The molecule has 1 saturated carbocycles. The van der Waals surface area contributed by atoms with Gasteiger partial charge in [-0.05, 0) is 37.0 Å². The number of nitrogens with one attached hydrogen (secondary N) is 1. The maximum absolute atomic E-state index is 11.9. The van der Waals surface area contributed by atoms with Gasteiger partial charge in [-0.2, -0.15) is 0 Å². The van der Waals surface area contributed by atoms with Gasteiger partial charge >= 0.3 is 0 Å². The van der Waals surface area contributed by atoms with Gasteiger partial charge < -0.3 is 10.2 Å². The second-order valence-electron chi connectivity index (χ2n) is 5.58. The molecular weight excluding hydrogens is 236 g/mol. The fourth-order valence-corrected chi connectivity index (χ4v) is 2.62. The molecule has 1 aromatic rings. The molecule has 104 valence electrons. The van der Waals surface area contributed by atoms with Gasteiger partial charge in [0.2, 0.25) is 5.91 Å². The molecule has 1 aliphatic rings. The van der Waals surface area contributed by atoms with Gasteiger partial charge in [-0.25, -0.2) is 0 Å². The number of nitrogens with zero attached hydrogens (tertiary/aromatic N) is 1. The van der Waals surface area contributed by atoms with Crippen LogP contribution in [-0.2, 0) is 11.2 Å².